The van der Waals surface area contributed by atoms with Crippen molar-refractivity contribution in [2.75, 3.05) is 24.5 Å². The summed E-state index contributed by atoms with van der Waals surface area (Å²) in [6.07, 6.45) is 2.04. The molecule has 3 rings (SSSR count). The summed E-state index contributed by atoms with van der Waals surface area (Å²) in [4.78, 5) is 6.88. The number of ether oxygens (including phenoxy) is 1. The molecule has 1 aliphatic rings. The van der Waals surface area contributed by atoms with Crippen molar-refractivity contribution in [2.45, 2.75) is 39.0 Å². The molecule has 1 saturated heterocycles. The molecule has 0 radical (unpaired) electrons. The Kier molecular flexibility index (Phi) is 10.1. The Morgan fingerprint density at radius 2 is 1.90 bits per heavy atom. The number of phenols is 1. The quantitative estimate of drug-likeness (QED) is 0.274. The first-order chi connectivity index (χ1) is 14.5. The summed E-state index contributed by atoms with van der Waals surface area (Å²) in [6.45, 7) is 2.17. The van der Waals surface area contributed by atoms with Crippen molar-refractivity contribution >= 4 is 35.6 Å². The van der Waals surface area contributed by atoms with Crippen LogP contribution in [-0.4, -0.2) is 43.4 Å². The number of piperidine rings is 1. The van der Waals surface area contributed by atoms with E-state index >= 15 is 0 Å². The Hall–Kier alpha value is -2.30. The van der Waals surface area contributed by atoms with Gasteiger partial charge in [-0.3, -0.25) is 0 Å². The second-order valence-electron chi connectivity index (χ2n) is 7.16. The topological polar surface area (TPSA) is 69.1 Å². The molecule has 2 aromatic rings. The highest BCUT2D eigenvalue weighted by molar-refractivity contribution is 14.0. The number of nitrogens with zero attached hydrogens (tertiary/aromatic N) is 2. The predicted molar refractivity (Wildman–Crippen MR) is 130 cm³/mol. The van der Waals surface area contributed by atoms with Crippen LogP contribution in [0.5, 0.6) is 11.5 Å². The van der Waals surface area contributed by atoms with Crippen LogP contribution in [0.2, 0.25) is 0 Å². The van der Waals surface area contributed by atoms with Crippen molar-refractivity contribution in [1.29, 1.82) is 0 Å². The summed E-state index contributed by atoms with van der Waals surface area (Å²) in [5.74, 6) is 1.15. The second-order valence-corrected chi connectivity index (χ2v) is 7.16. The van der Waals surface area contributed by atoms with E-state index in [0.717, 1.165) is 49.7 Å². The highest BCUT2D eigenvalue weighted by Crippen LogP contribution is 2.24. The maximum absolute atomic E-state index is 12.3. The lowest BCUT2D eigenvalue weighted by atomic mass is 10.0. The minimum absolute atomic E-state index is 0. The first-order valence-electron chi connectivity index (χ1n) is 10.2. The zero-order valence-corrected chi connectivity index (χ0v) is 19.8. The average Bonchev–Trinajstić information content (AvgIpc) is 2.74. The summed E-state index contributed by atoms with van der Waals surface area (Å²) in [7, 11) is 0. The van der Waals surface area contributed by atoms with Crippen molar-refractivity contribution in [1.82, 2.24) is 10.6 Å². The van der Waals surface area contributed by atoms with Gasteiger partial charge in [0.15, 0.2) is 5.96 Å². The minimum Gasteiger partial charge on any atom is -0.508 e. The van der Waals surface area contributed by atoms with Gasteiger partial charge in [-0.25, -0.2) is 4.99 Å². The van der Waals surface area contributed by atoms with Crippen LogP contribution >= 0.6 is 24.0 Å². The number of guanidine groups is 1. The first-order valence-corrected chi connectivity index (χ1v) is 10.2. The Bertz CT molecular complexity index is 819. The summed E-state index contributed by atoms with van der Waals surface area (Å²) in [5.41, 5.74) is 2.00. The lowest BCUT2D eigenvalue weighted by molar-refractivity contribution is -0.0498. The van der Waals surface area contributed by atoms with Crippen LogP contribution in [0.1, 0.15) is 25.3 Å². The minimum atomic E-state index is -2.82. The van der Waals surface area contributed by atoms with Crippen LogP contribution in [0, 0.1) is 0 Å². The van der Waals surface area contributed by atoms with Crippen LogP contribution in [-0.2, 0) is 6.54 Å². The zero-order valence-electron chi connectivity index (χ0n) is 17.4. The van der Waals surface area contributed by atoms with Gasteiger partial charge in [0.05, 0.1) is 6.54 Å². The normalized spacial score (nSPS) is 16.6. The Labute approximate surface area is 198 Å². The Morgan fingerprint density at radius 1 is 1.19 bits per heavy atom. The molecule has 1 fully saturated rings. The third-order valence-electron chi connectivity index (χ3n) is 4.89. The van der Waals surface area contributed by atoms with Crippen molar-refractivity contribution in [3.8, 4) is 11.5 Å². The van der Waals surface area contributed by atoms with Crippen molar-refractivity contribution in [2.24, 2.45) is 4.99 Å². The average molecular weight is 546 g/mol. The molecule has 6 nitrogen and oxygen atoms in total. The third kappa shape index (κ3) is 8.04. The first kappa shape index (κ1) is 25.0. The van der Waals surface area contributed by atoms with E-state index in [1.807, 2.05) is 31.2 Å². The molecule has 170 valence electrons. The molecule has 0 amide bonds. The van der Waals surface area contributed by atoms with Gasteiger partial charge in [-0.05, 0) is 61.7 Å². The fourth-order valence-electron chi connectivity index (χ4n) is 3.45. The van der Waals surface area contributed by atoms with E-state index in [1.165, 1.54) is 0 Å². The largest absolute Gasteiger partial charge is 0.508 e. The third-order valence-corrected chi connectivity index (χ3v) is 4.89. The monoisotopic (exact) mass is 546 g/mol. The summed E-state index contributed by atoms with van der Waals surface area (Å²) in [6, 6.07) is 14.0. The Balaban J connectivity index is 0.00000341. The van der Waals surface area contributed by atoms with Gasteiger partial charge in [-0.1, -0.05) is 12.1 Å². The van der Waals surface area contributed by atoms with Gasteiger partial charge in [0, 0.05) is 31.4 Å². The number of rotatable bonds is 7. The molecule has 0 bridgehead atoms. The predicted octanol–water partition coefficient (Wildman–Crippen LogP) is 4.34. The summed E-state index contributed by atoms with van der Waals surface area (Å²) < 4.78 is 29.1. The van der Waals surface area contributed by atoms with E-state index in [0.29, 0.717) is 6.54 Å². The summed E-state index contributed by atoms with van der Waals surface area (Å²) >= 11 is 0. The van der Waals surface area contributed by atoms with Gasteiger partial charge in [0.25, 0.3) is 0 Å². The molecule has 0 aromatic heterocycles. The molecule has 1 unspecified atom stereocenters. The van der Waals surface area contributed by atoms with Gasteiger partial charge < -0.3 is 25.4 Å². The maximum Gasteiger partial charge on any atom is 0.387 e. The highest BCUT2D eigenvalue weighted by Gasteiger charge is 2.21. The fourth-order valence-corrected chi connectivity index (χ4v) is 3.45. The number of halogens is 3. The van der Waals surface area contributed by atoms with Crippen molar-refractivity contribution < 1.29 is 18.6 Å². The molecule has 0 saturated carbocycles. The van der Waals surface area contributed by atoms with E-state index in [9.17, 15) is 13.9 Å². The molecule has 1 heterocycles. The molecule has 9 heteroatoms. The summed E-state index contributed by atoms with van der Waals surface area (Å²) in [5, 5.41) is 16.2. The number of hydrogen-bond acceptors (Lipinski definition) is 4. The lowest BCUT2D eigenvalue weighted by Gasteiger charge is -2.35. The zero-order chi connectivity index (χ0) is 21.3. The molecule has 0 aliphatic carbocycles. The molecule has 1 aliphatic heterocycles. The maximum atomic E-state index is 12.3. The number of aromatic hydroxyl groups is 1. The highest BCUT2D eigenvalue weighted by atomic mass is 127. The number of alkyl halides is 2. The number of hydrogen-bond donors (Lipinski definition) is 3. The van der Waals surface area contributed by atoms with E-state index in [1.54, 1.807) is 24.3 Å². The van der Waals surface area contributed by atoms with Crippen molar-refractivity contribution in [3.05, 3.63) is 54.1 Å². The van der Waals surface area contributed by atoms with Gasteiger partial charge in [0.2, 0.25) is 0 Å². The second kappa shape index (κ2) is 12.5. The van der Waals surface area contributed by atoms with Crippen LogP contribution in [0.3, 0.4) is 0 Å². The molecule has 2 aromatic carbocycles. The molecule has 1 atom stereocenters. The molecular formula is C22H29F2IN4O2. The van der Waals surface area contributed by atoms with Gasteiger partial charge in [-0.15, -0.1) is 24.0 Å². The van der Waals surface area contributed by atoms with E-state index in [4.69, 9.17) is 0 Å². The number of nitrogens with one attached hydrogen (secondary N) is 2. The number of aliphatic imine (C=N–C) groups is 1. The Morgan fingerprint density at radius 3 is 2.55 bits per heavy atom. The standard InChI is InChI=1S/C22H28F2N4O2.HI/c1-2-25-22(26-14-16-5-9-19(29)10-6-16)27-17-4-3-13-28(15-17)18-7-11-20(12-8-18)30-21(23)24;/h5-12,17,21,29H,2-4,13-15H2,1H3,(H2,25,26,27);1H. The van der Waals surface area contributed by atoms with Gasteiger partial charge in [0.1, 0.15) is 11.5 Å². The van der Waals surface area contributed by atoms with Crippen LogP contribution in [0.15, 0.2) is 53.5 Å². The number of benzene rings is 2. The molecule has 0 spiro atoms. The smallest absolute Gasteiger partial charge is 0.387 e. The van der Waals surface area contributed by atoms with E-state index in [2.05, 4.69) is 25.3 Å². The van der Waals surface area contributed by atoms with Crippen molar-refractivity contribution in [3.63, 3.8) is 0 Å². The lowest BCUT2D eigenvalue weighted by Crippen LogP contribution is -2.51. The van der Waals surface area contributed by atoms with Crippen LogP contribution < -0.4 is 20.3 Å². The fraction of sp³-hybridized carbons (Fsp3) is 0.409. The number of phenolic OH excluding ortho intramolecular Hbond substituents is 1. The van der Waals surface area contributed by atoms with Gasteiger partial charge >= 0.3 is 6.61 Å². The SMILES string of the molecule is CCNC(=NCc1ccc(O)cc1)NC1CCCN(c2ccc(OC(F)F)cc2)C1.I. The van der Waals surface area contributed by atoms with E-state index in [-0.39, 0.29) is 41.5 Å². The van der Waals surface area contributed by atoms with E-state index < -0.39 is 6.61 Å². The van der Waals surface area contributed by atoms with Crippen LogP contribution in [0.25, 0.3) is 0 Å². The molecule has 31 heavy (non-hydrogen) atoms. The number of anilines is 1. The van der Waals surface area contributed by atoms with Gasteiger partial charge in [-0.2, -0.15) is 8.78 Å². The molecular weight excluding hydrogens is 517 g/mol. The molecule has 3 N–H and O–H groups in total. The van der Waals surface area contributed by atoms with Crippen LogP contribution in [0.4, 0.5) is 14.5 Å².